The van der Waals surface area contributed by atoms with Gasteiger partial charge in [-0.1, -0.05) is 18.2 Å². The molecule has 1 aromatic heterocycles. The van der Waals surface area contributed by atoms with Gasteiger partial charge in [0.2, 0.25) is 0 Å². The van der Waals surface area contributed by atoms with Gasteiger partial charge >= 0.3 is 5.97 Å². The van der Waals surface area contributed by atoms with E-state index in [-0.39, 0.29) is 5.56 Å². The van der Waals surface area contributed by atoms with Gasteiger partial charge < -0.3 is 15.2 Å². The number of amides is 1. The summed E-state index contributed by atoms with van der Waals surface area (Å²) < 4.78 is 6.02. The van der Waals surface area contributed by atoms with Crippen LogP contribution in [-0.2, 0) is 9.53 Å². The zero-order valence-electron chi connectivity index (χ0n) is 11.4. The molecule has 0 radical (unpaired) electrons. The van der Waals surface area contributed by atoms with Crippen LogP contribution in [-0.4, -0.2) is 46.5 Å². The molecule has 2 N–H and O–H groups in total. The van der Waals surface area contributed by atoms with E-state index in [2.05, 4.69) is 15.2 Å². The number of rotatable bonds is 5. The van der Waals surface area contributed by atoms with Crippen molar-refractivity contribution in [2.24, 2.45) is 0 Å². The molecule has 7 heteroatoms. The van der Waals surface area contributed by atoms with Gasteiger partial charge in [-0.25, -0.2) is 9.48 Å². The Kier molecular flexibility index (Phi) is 4.68. The summed E-state index contributed by atoms with van der Waals surface area (Å²) in [7, 11) is 1.19. The molecule has 0 aliphatic carbocycles. The minimum atomic E-state index is -1.09. The first kappa shape index (κ1) is 14.7. The fourth-order valence-corrected chi connectivity index (χ4v) is 1.72. The van der Waals surface area contributed by atoms with Gasteiger partial charge in [0.1, 0.15) is 0 Å². The molecule has 1 aromatic carbocycles. The van der Waals surface area contributed by atoms with Crippen molar-refractivity contribution in [3.8, 4) is 5.69 Å². The highest BCUT2D eigenvalue weighted by molar-refractivity contribution is 5.96. The maximum absolute atomic E-state index is 12.0. The molecule has 0 saturated carbocycles. The van der Waals surface area contributed by atoms with Crippen molar-refractivity contribution < 1.29 is 19.4 Å². The topological polar surface area (TPSA) is 93.4 Å². The third-order valence-electron chi connectivity index (χ3n) is 2.84. The average Bonchev–Trinajstić information content (AvgIpc) is 3.02. The van der Waals surface area contributed by atoms with E-state index < -0.39 is 24.5 Å². The molecule has 7 nitrogen and oxygen atoms in total. The second kappa shape index (κ2) is 6.67. The average molecular weight is 289 g/mol. The first-order valence-corrected chi connectivity index (χ1v) is 6.25. The highest BCUT2D eigenvalue weighted by atomic mass is 16.5. The number of methoxy groups -OCH3 is 1. The van der Waals surface area contributed by atoms with Crippen LogP contribution in [0.4, 0.5) is 0 Å². The Morgan fingerprint density at radius 2 is 2.10 bits per heavy atom. The van der Waals surface area contributed by atoms with Gasteiger partial charge in [0.05, 0.1) is 31.2 Å². The number of aliphatic hydroxyl groups is 1. The van der Waals surface area contributed by atoms with Crippen LogP contribution in [0.2, 0.25) is 0 Å². The van der Waals surface area contributed by atoms with Crippen LogP contribution >= 0.6 is 0 Å². The number of carbonyl (C=O) groups is 2. The van der Waals surface area contributed by atoms with E-state index in [1.165, 1.54) is 19.5 Å². The Hall–Kier alpha value is -2.67. The summed E-state index contributed by atoms with van der Waals surface area (Å²) in [4.78, 5) is 23.3. The monoisotopic (exact) mass is 289 g/mol. The van der Waals surface area contributed by atoms with Crippen molar-refractivity contribution in [1.29, 1.82) is 0 Å². The molecule has 0 saturated heterocycles. The number of ether oxygens (including phenoxy) is 1. The number of hydrogen-bond donors (Lipinski definition) is 2. The molecular formula is C14H15N3O4. The largest absolute Gasteiger partial charge is 0.467 e. The third-order valence-corrected chi connectivity index (χ3v) is 2.84. The van der Waals surface area contributed by atoms with Gasteiger partial charge in [0, 0.05) is 6.20 Å². The molecule has 2 rings (SSSR count). The van der Waals surface area contributed by atoms with Crippen molar-refractivity contribution >= 4 is 11.9 Å². The standard InChI is InChI=1S/C14H15N3O4/c1-21-14(20)12(9-18)16-13(19)10-7-15-17(8-10)11-5-3-2-4-6-11/h2-8,12,18H,9H2,1H3,(H,16,19). The molecule has 110 valence electrons. The normalized spacial score (nSPS) is 11.7. The van der Waals surface area contributed by atoms with Crippen LogP contribution in [0.25, 0.3) is 5.69 Å². The summed E-state index contributed by atoms with van der Waals surface area (Å²) in [5, 5.41) is 15.5. The summed E-state index contributed by atoms with van der Waals surface area (Å²) in [5.74, 6) is -1.22. The van der Waals surface area contributed by atoms with Crippen molar-refractivity contribution in [1.82, 2.24) is 15.1 Å². The minimum Gasteiger partial charge on any atom is -0.467 e. The Morgan fingerprint density at radius 1 is 1.38 bits per heavy atom. The number of aromatic nitrogens is 2. The van der Waals surface area contributed by atoms with E-state index in [0.29, 0.717) is 0 Å². The van der Waals surface area contributed by atoms with E-state index in [1.807, 2.05) is 30.3 Å². The Morgan fingerprint density at radius 3 is 2.71 bits per heavy atom. The first-order chi connectivity index (χ1) is 10.2. The van der Waals surface area contributed by atoms with E-state index in [4.69, 9.17) is 5.11 Å². The van der Waals surface area contributed by atoms with Gasteiger partial charge in [-0.3, -0.25) is 4.79 Å². The Bertz CT molecular complexity index is 624. The number of nitrogens with zero attached hydrogens (tertiary/aromatic N) is 2. The lowest BCUT2D eigenvalue weighted by Gasteiger charge is -2.12. The Labute approximate surface area is 121 Å². The van der Waals surface area contributed by atoms with Gasteiger partial charge in [0.15, 0.2) is 6.04 Å². The number of benzene rings is 1. The predicted octanol–water partition coefficient (Wildman–Crippen LogP) is 0.136. The van der Waals surface area contributed by atoms with E-state index in [9.17, 15) is 9.59 Å². The smallest absolute Gasteiger partial charge is 0.330 e. The minimum absolute atomic E-state index is 0.279. The lowest BCUT2D eigenvalue weighted by atomic mass is 10.2. The summed E-state index contributed by atoms with van der Waals surface area (Å²) >= 11 is 0. The number of aliphatic hydroxyl groups excluding tert-OH is 1. The van der Waals surface area contributed by atoms with Crippen LogP contribution in [0.5, 0.6) is 0 Å². The first-order valence-electron chi connectivity index (χ1n) is 6.25. The van der Waals surface area contributed by atoms with Crippen LogP contribution in [0.3, 0.4) is 0 Å². The number of carbonyl (C=O) groups excluding carboxylic acids is 2. The lowest BCUT2D eigenvalue weighted by Crippen LogP contribution is -2.43. The van der Waals surface area contributed by atoms with Gasteiger partial charge in [-0.15, -0.1) is 0 Å². The molecule has 0 aliphatic heterocycles. The molecule has 2 aromatic rings. The van der Waals surface area contributed by atoms with Crippen molar-refractivity contribution in [3.63, 3.8) is 0 Å². The lowest BCUT2D eigenvalue weighted by molar-refractivity contribution is -0.143. The van der Waals surface area contributed by atoms with Crippen LogP contribution in [0.15, 0.2) is 42.7 Å². The zero-order valence-corrected chi connectivity index (χ0v) is 11.4. The molecular weight excluding hydrogens is 274 g/mol. The SMILES string of the molecule is COC(=O)C(CO)NC(=O)c1cnn(-c2ccccc2)c1. The maximum Gasteiger partial charge on any atom is 0.330 e. The number of para-hydroxylation sites is 1. The van der Waals surface area contributed by atoms with Gasteiger partial charge in [0.25, 0.3) is 5.91 Å². The second-order valence-electron chi connectivity index (χ2n) is 4.24. The number of esters is 1. The van der Waals surface area contributed by atoms with Crippen molar-refractivity contribution in [3.05, 3.63) is 48.3 Å². The van der Waals surface area contributed by atoms with Gasteiger partial charge in [-0.2, -0.15) is 5.10 Å². The summed E-state index contributed by atoms with van der Waals surface area (Å²) in [5.41, 5.74) is 1.09. The molecule has 0 bridgehead atoms. The number of nitrogens with one attached hydrogen (secondary N) is 1. The van der Waals surface area contributed by atoms with E-state index >= 15 is 0 Å². The molecule has 0 fully saturated rings. The molecule has 1 heterocycles. The molecule has 1 amide bonds. The number of hydrogen-bond acceptors (Lipinski definition) is 5. The van der Waals surface area contributed by atoms with Crippen LogP contribution in [0.1, 0.15) is 10.4 Å². The Balaban J connectivity index is 2.11. The molecule has 21 heavy (non-hydrogen) atoms. The van der Waals surface area contributed by atoms with Crippen molar-refractivity contribution in [2.45, 2.75) is 6.04 Å². The predicted molar refractivity (Wildman–Crippen MR) is 73.9 cm³/mol. The van der Waals surface area contributed by atoms with Gasteiger partial charge in [-0.05, 0) is 12.1 Å². The third kappa shape index (κ3) is 3.46. The van der Waals surface area contributed by atoms with Crippen LogP contribution in [0, 0.1) is 0 Å². The molecule has 0 spiro atoms. The second-order valence-corrected chi connectivity index (χ2v) is 4.24. The van der Waals surface area contributed by atoms with Crippen LogP contribution < -0.4 is 5.32 Å². The molecule has 0 aliphatic rings. The quantitative estimate of drug-likeness (QED) is 0.763. The highest BCUT2D eigenvalue weighted by Crippen LogP contribution is 2.07. The summed E-state index contributed by atoms with van der Waals surface area (Å²) in [6.07, 6.45) is 2.92. The van der Waals surface area contributed by atoms with E-state index in [1.54, 1.807) is 4.68 Å². The summed E-state index contributed by atoms with van der Waals surface area (Å²) in [6, 6.07) is 8.19. The highest BCUT2D eigenvalue weighted by Gasteiger charge is 2.21. The molecule has 1 unspecified atom stereocenters. The maximum atomic E-state index is 12.0. The molecule has 1 atom stereocenters. The zero-order chi connectivity index (χ0) is 15.2. The van der Waals surface area contributed by atoms with Crippen molar-refractivity contribution in [2.75, 3.05) is 13.7 Å². The summed E-state index contributed by atoms with van der Waals surface area (Å²) in [6.45, 7) is -0.536. The fourth-order valence-electron chi connectivity index (χ4n) is 1.72. The fraction of sp³-hybridized carbons (Fsp3) is 0.214. The van der Waals surface area contributed by atoms with E-state index in [0.717, 1.165) is 5.69 Å².